The van der Waals surface area contributed by atoms with Crippen molar-refractivity contribution in [3.8, 4) is 0 Å². The standard InChI is InChI=1S/C14H24N6/c1-5-7-15-14(12-9-17-19(4)11(12)3)13-10-16-18-20(13)8-6-2/h9-10,14-15H,5-8H2,1-4H3. The Labute approximate surface area is 120 Å². The number of aromatic nitrogens is 5. The van der Waals surface area contributed by atoms with E-state index < -0.39 is 0 Å². The van der Waals surface area contributed by atoms with Crippen LogP contribution in [0.4, 0.5) is 0 Å². The summed E-state index contributed by atoms with van der Waals surface area (Å²) in [6.07, 6.45) is 5.93. The van der Waals surface area contributed by atoms with Crippen molar-refractivity contribution < 1.29 is 0 Å². The van der Waals surface area contributed by atoms with Crippen LogP contribution in [0.1, 0.15) is 49.7 Å². The van der Waals surface area contributed by atoms with Crippen molar-refractivity contribution in [2.75, 3.05) is 6.54 Å². The molecular weight excluding hydrogens is 252 g/mol. The van der Waals surface area contributed by atoms with Crippen LogP contribution in [0.2, 0.25) is 0 Å². The van der Waals surface area contributed by atoms with Gasteiger partial charge < -0.3 is 5.32 Å². The molecule has 0 aliphatic heterocycles. The Kier molecular flexibility index (Phi) is 4.89. The number of rotatable bonds is 7. The maximum Gasteiger partial charge on any atom is 0.0803 e. The molecular formula is C14H24N6. The second-order valence-electron chi connectivity index (χ2n) is 5.08. The molecule has 2 aromatic heterocycles. The summed E-state index contributed by atoms with van der Waals surface area (Å²) in [4.78, 5) is 0. The zero-order valence-electron chi connectivity index (χ0n) is 12.8. The maximum absolute atomic E-state index is 4.36. The first-order valence-corrected chi connectivity index (χ1v) is 7.29. The van der Waals surface area contributed by atoms with Crippen LogP contribution in [0.5, 0.6) is 0 Å². The predicted molar refractivity (Wildman–Crippen MR) is 78.4 cm³/mol. The van der Waals surface area contributed by atoms with Crippen molar-refractivity contribution in [3.63, 3.8) is 0 Å². The monoisotopic (exact) mass is 276 g/mol. The molecule has 0 aromatic carbocycles. The first-order valence-electron chi connectivity index (χ1n) is 7.29. The molecule has 0 fully saturated rings. The van der Waals surface area contributed by atoms with Crippen molar-refractivity contribution in [2.45, 2.75) is 46.2 Å². The third kappa shape index (κ3) is 2.90. The molecule has 6 heteroatoms. The second-order valence-corrected chi connectivity index (χ2v) is 5.08. The topological polar surface area (TPSA) is 60.6 Å². The van der Waals surface area contributed by atoms with Gasteiger partial charge in [-0.05, 0) is 26.3 Å². The molecule has 0 spiro atoms. The normalized spacial score (nSPS) is 12.8. The predicted octanol–water partition coefficient (Wildman–Crippen LogP) is 1.82. The molecule has 0 saturated heterocycles. The number of nitrogens with one attached hydrogen (secondary N) is 1. The summed E-state index contributed by atoms with van der Waals surface area (Å²) in [6, 6.07) is 0.102. The largest absolute Gasteiger partial charge is 0.305 e. The lowest BCUT2D eigenvalue weighted by Crippen LogP contribution is -2.26. The molecule has 1 unspecified atom stereocenters. The highest BCUT2D eigenvalue weighted by Crippen LogP contribution is 2.24. The van der Waals surface area contributed by atoms with E-state index in [4.69, 9.17) is 0 Å². The third-order valence-corrected chi connectivity index (χ3v) is 3.56. The summed E-state index contributed by atoms with van der Waals surface area (Å²) in [5.74, 6) is 0. The molecule has 1 N–H and O–H groups in total. The number of aryl methyl sites for hydroxylation is 2. The second kappa shape index (κ2) is 6.65. The lowest BCUT2D eigenvalue weighted by molar-refractivity contribution is 0.503. The van der Waals surface area contributed by atoms with E-state index >= 15 is 0 Å². The van der Waals surface area contributed by atoms with E-state index in [0.717, 1.165) is 31.6 Å². The van der Waals surface area contributed by atoms with E-state index in [2.05, 4.69) is 41.5 Å². The van der Waals surface area contributed by atoms with E-state index in [-0.39, 0.29) is 6.04 Å². The zero-order chi connectivity index (χ0) is 14.5. The highest BCUT2D eigenvalue weighted by Gasteiger charge is 2.22. The molecule has 0 amide bonds. The smallest absolute Gasteiger partial charge is 0.0803 e. The van der Waals surface area contributed by atoms with Crippen molar-refractivity contribution in [1.82, 2.24) is 30.1 Å². The van der Waals surface area contributed by atoms with Crippen LogP contribution < -0.4 is 5.32 Å². The molecule has 2 aromatic rings. The van der Waals surface area contributed by atoms with Crippen LogP contribution in [-0.4, -0.2) is 31.3 Å². The summed E-state index contributed by atoms with van der Waals surface area (Å²) in [5, 5.41) is 16.2. The average Bonchev–Trinajstić information content (AvgIpc) is 3.02. The molecule has 2 rings (SSSR count). The molecule has 20 heavy (non-hydrogen) atoms. The Hall–Kier alpha value is -1.69. The lowest BCUT2D eigenvalue weighted by Gasteiger charge is -2.19. The summed E-state index contributed by atoms with van der Waals surface area (Å²) < 4.78 is 3.89. The van der Waals surface area contributed by atoms with Gasteiger partial charge in [0.1, 0.15) is 0 Å². The van der Waals surface area contributed by atoms with E-state index in [0.29, 0.717) is 0 Å². The number of hydrogen-bond acceptors (Lipinski definition) is 4. The summed E-state index contributed by atoms with van der Waals surface area (Å²) >= 11 is 0. The molecule has 0 aliphatic rings. The molecule has 110 valence electrons. The van der Waals surface area contributed by atoms with Gasteiger partial charge in [0.05, 0.1) is 24.1 Å². The molecule has 0 aliphatic carbocycles. The fourth-order valence-corrected chi connectivity index (χ4v) is 2.34. The van der Waals surface area contributed by atoms with E-state index in [1.54, 1.807) is 0 Å². The van der Waals surface area contributed by atoms with Crippen molar-refractivity contribution >= 4 is 0 Å². The first kappa shape index (κ1) is 14.7. The molecule has 0 saturated carbocycles. The maximum atomic E-state index is 4.36. The Morgan fingerprint density at radius 2 is 2.05 bits per heavy atom. The lowest BCUT2D eigenvalue weighted by atomic mass is 10.0. The fourth-order valence-electron chi connectivity index (χ4n) is 2.34. The number of nitrogens with zero attached hydrogens (tertiary/aromatic N) is 5. The SMILES string of the molecule is CCCNC(c1cnn(C)c1C)c1cnnn1CCC. The summed E-state index contributed by atoms with van der Waals surface area (Å²) in [5.41, 5.74) is 3.47. The van der Waals surface area contributed by atoms with E-state index in [1.165, 1.54) is 11.3 Å². The van der Waals surface area contributed by atoms with Gasteiger partial charge in [0.15, 0.2) is 0 Å². The van der Waals surface area contributed by atoms with Crippen molar-refractivity contribution in [2.24, 2.45) is 7.05 Å². The van der Waals surface area contributed by atoms with Crippen LogP contribution in [0.3, 0.4) is 0 Å². The molecule has 6 nitrogen and oxygen atoms in total. The van der Waals surface area contributed by atoms with Gasteiger partial charge in [-0.1, -0.05) is 19.1 Å². The van der Waals surface area contributed by atoms with Crippen LogP contribution in [0, 0.1) is 6.92 Å². The minimum atomic E-state index is 0.102. The van der Waals surface area contributed by atoms with Crippen LogP contribution >= 0.6 is 0 Å². The van der Waals surface area contributed by atoms with Gasteiger partial charge in [-0.25, -0.2) is 4.68 Å². The zero-order valence-corrected chi connectivity index (χ0v) is 12.8. The molecule has 2 heterocycles. The molecule has 0 bridgehead atoms. The van der Waals surface area contributed by atoms with Gasteiger partial charge in [-0.15, -0.1) is 5.10 Å². The van der Waals surface area contributed by atoms with Gasteiger partial charge in [0.2, 0.25) is 0 Å². The van der Waals surface area contributed by atoms with Gasteiger partial charge in [0, 0.05) is 24.8 Å². The molecule has 1 atom stereocenters. The van der Waals surface area contributed by atoms with Crippen molar-refractivity contribution in [3.05, 3.63) is 29.3 Å². The quantitative estimate of drug-likeness (QED) is 0.838. The first-order chi connectivity index (χ1) is 9.69. The highest BCUT2D eigenvalue weighted by atomic mass is 15.4. The minimum Gasteiger partial charge on any atom is -0.305 e. The van der Waals surface area contributed by atoms with Crippen LogP contribution in [-0.2, 0) is 13.6 Å². The Balaban J connectivity index is 2.36. The van der Waals surface area contributed by atoms with Gasteiger partial charge in [-0.2, -0.15) is 5.10 Å². The highest BCUT2D eigenvalue weighted by molar-refractivity contribution is 5.28. The molecule has 0 radical (unpaired) electrons. The van der Waals surface area contributed by atoms with Gasteiger partial charge in [0.25, 0.3) is 0 Å². The van der Waals surface area contributed by atoms with Crippen LogP contribution in [0.25, 0.3) is 0 Å². The summed E-state index contributed by atoms with van der Waals surface area (Å²) in [7, 11) is 1.97. The minimum absolute atomic E-state index is 0.102. The average molecular weight is 276 g/mol. The van der Waals surface area contributed by atoms with Gasteiger partial charge >= 0.3 is 0 Å². The Morgan fingerprint density at radius 3 is 2.65 bits per heavy atom. The summed E-state index contributed by atoms with van der Waals surface area (Å²) in [6.45, 7) is 8.25. The fraction of sp³-hybridized carbons (Fsp3) is 0.643. The van der Waals surface area contributed by atoms with E-state index in [9.17, 15) is 0 Å². The third-order valence-electron chi connectivity index (χ3n) is 3.56. The van der Waals surface area contributed by atoms with Crippen LogP contribution in [0.15, 0.2) is 12.4 Å². The van der Waals surface area contributed by atoms with Crippen molar-refractivity contribution in [1.29, 1.82) is 0 Å². The Morgan fingerprint density at radius 1 is 1.25 bits per heavy atom. The Bertz CT molecular complexity index is 542. The van der Waals surface area contributed by atoms with E-state index in [1.807, 2.05) is 28.8 Å². The van der Waals surface area contributed by atoms with Gasteiger partial charge in [-0.3, -0.25) is 4.68 Å². The number of hydrogen-bond donors (Lipinski definition) is 1.